The van der Waals surface area contributed by atoms with Gasteiger partial charge in [-0.3, -0.25) is 0 Å². The molecule has 1 aliphatic heterocycles. The topological polar surface area (TPSA) is 41.0 Å². The number of anilines is 1. The summed E-state index contributed by atoms with van der Waals surface area (Å²) in [5, 5.41) is 4.54. The number of nitrogens with zero attached hydrogens (tertiary/aromatic N) is 3. The lowest BCUT2D eigenvalue weighted by atomic mass is 10.2. The monoisotopic (exact) mass is 254 g/mol. The highest BCUT2D eigenvalue weighted by Crippen LogP contribution is 2.28. The van der Waals surface area contributed by atoms with Crippen LogP contribution in [-0.2, 0) is 0 Å². The van der Waals surface area contributed by atoms with Gasteiger partial charge < -0.3 is 10.2 Å². The second kappa shape index (κ2) is 5.78. The van der Waals surface area contributed by atoms with Crippen molar-refractivity contribution in [1.82, 2.24) is 14.7 Å². The molecule has 2 rings (SSSR count). The number of aromatic nitrogens is 2. The van der Waals surface area contributed by atoms with E-state index in [0.717, 1.165) is 30.6 Å². The summed E-state index contributed by atoms with van der Waals surface area (Å²) in [5.74, 6) is 1.41. The minimum atomic E-state index is 0.426. The third kappa shape index (κ3) is 2.96. The van der Waals surface area contributed by atoms with Crippen molar-refractivity contribution in [3.8, 4) is 0 Å². The molecule has 96 valence electrons. The molecule has 0 aromatic carbocycles. The summed E-state index contributed by atoms with van der Waals surface area (Å²) in [4.78, 5) is 7.08. The number of hydrogen-bond acceptors (Lipinski definition) is 5. The van der Waals surface area contributed by atoms with E-state index in [1.165, 1.54) is 12.8 Å². The first-order valence-corrected chi connectivity index (χ1v) is 7.30. The molecule has 1 atom stereocenters. The molecular formula is C12H22N4S. The summed E-state index contributed by atoms with van der Waals surface area (Å²) in [6, 6.07) is 0.600. The van der Waals surface area contributed by atoms with E-state index in [1.54, 1.807) is 11.5 Å². The maximum atomic E-state index is 4.66. The molecule has 5 heteroatoms. The van der Waals surface area contributed by atoms with E-state index in [2.05, 4.69) is 40.3 Å². The molecule has 1 unspecified atom stereocenters. The predicted octanol–water partition coefficient (Wildman–Crippen LogP) is 2.24. The van der Waals surface area contributed by atoms with Gasteiger partial charge in [0.15, 0.2) is 0 Å². The van der Waals surface area contributed by atoms with E-state index in [1.807, 2.05) is 0 Å². The van der Waals surface area contributed by atoms with Crippen molar-refractivity contribution in [2.24, 2.45) is 0 Å². The number of hydrogen-bond donors (Lipinski definition) is 1. The van der Waals surface area contributed by atoms with E-state index in [-0.39, 0.29) is 0 Å². The second-order valence-corrected chi connectivity index (χ2v) is 5.62. The van der Waals surface area contributed by atoms with Gasteiger partial charge >= 0.3 is 0 Å². The first kappa shape index (κ1) is 12.8. The molecule has 17 heavy (non-hydrogen) atoms. The van der Waals surface area contributed by atoms with Crippen molar-refractivity contribution in [2.75, 3.05) is 24.5 Å². The number of rotatable bonds is 5. The summed E-state index contributed by atoms with van der Waals surface area (Å²) >= 11 is 1.55. The summed E-state index contributed by atoms with van der Waals surface area (Å²) < 4.78 is 4.44. The lowest BCUT2D eigenvalue weighted by Crippen LogP contribution is -2.37. The van der Waals surface area contributed by atoms with Crippen LogP contribution in [-0.4, -0.2) is 35.0 Å². The highest BCUT2D eigenvalue weighted by Gasteiger charge is 2.27. The van der Waals surface area contributed by atoms with Crippen molar-refractivity contribution < 1.29 is 0 Å². The van der Waals surface area contributed by atoms with Crippen LogP contribution in [0, 0.1) is 0 Å². The maximum absolute atomic E-state index is 4.66. The standard InChI is InChI=1S/C12H22N4S/c1-4-13-8-10-6-5-7-16(10)12-14-11(9(2)3)15-17-12/h9-10,13H,4-8H2,1-3H3. The van der Waals surface area contributed by atoms with Crippen LogP contribution in [0.15, 0.2) is 0 Å². The molecule has 4 nitrogen and oxygen atoms in total. The van der Waals surface area contributed by atoms with Crippen molar-refractivity contribution in [3.63, 3.8) is 0 Å². The van der Waals surface area contributed by atoms with Crippen molar-refractivity contribution in [1.29, 1.82) is 0 Å². The number of nitrogens with one attached hydrogen (secondary N) is 1. The van der Waals surface area contributed by atoms with E-state index in [0.29, 0.717) is 12.0 Å². The summed E-state index contributed by atoms with van der Waals surface area (Å²) in [5.41, 5.74) is 0. The van der Waals surface area contributed by atoms with Gasteiger partial charge in [-0.2, -0.15) is 4.37 Å². The molecule has 1 aromatic heterocycles. The zero-order valence-electron chi connectivity index (χ0n) is 10.9. The average Bonchev–Trinajstić information content (AvgIpc) is 2.94. The molecule has 0 saturated carbocycles. The molecular weight excluding hydrogens is 232 g/mol. The fourth-order valence-electron chi connectivity index (χ4n) is 2.19. The van der Waals surface area contributed by atoms with Gasteiger partial charge in [0.25, 0.3) is 0 Å². The minimum Gasteiger partial charge on any atom is -0.343 e. The Morgan fingerprint density at radius 1 is 1.53 bits per heavy atom. The van der Waals surface area contributed by atoms with Gasteiger partial charge in [-0.1, -0.05) is 20.8 Å². The van der Waals surface area contributed by atoms with Crippen molar-refractivity contribution in [3.05, 3.63) is 5.82 Å². The van der Waals surface area contributed by atoms with E-state index >= 15 is 0 Å². The van der Waals surface area contributed by atoms with Gasteiger partial charge in [-0.25, -0.2) is 4.98 Å². The lowest BCUT2D eigenvalue weighted by Gasteiger charge is -2.23. The van der Waals surface area contributed by atoms with Crippen LogP contribution in [0.4, 0.5) is 5.13 Å². The Hall–Kier alpha value is -0.680. The smallest absolute Gasteiger partial charge is 0.205 e. The molecule has 2 heterocycles. The molecule has 0 amide bonds. The fourth-order valence-corrected chi connectivity index (χ4v) is 3.09. The normalized spacial score (nSPS) is 20.5. The molecule has 1 saturated heterocycles. The van der Waals surface area contributed by atoms with Crippen LogP contribution < -0.4 is 10.2 Å². The Labute approximate surface area is 108 Å². The van der Waals surface area contributed by atoms with Crippen LogP contribution in [0.3, 0.4) is 0 Å². The molecule has 1 aromatic rings. The third-order valence-corrected chi connectivity index (χ3v) is 3.97. The summed E-state index contributed by atoms with van der Waals surface area (Å²) in [7, 11) is 0. The minimum absolute atomic E-state index is 0.426. The Kier molecular flexibility index (Phi) is 4.34. The summed E-state index contributed by atoms with van der Waals surface area (Å²) in [6.07, 6.45) is 2.54. The Balaban J connectivity index is 2.03. The Morgan fingerprint density at radius 3 is 3.00 bits per heavy atom. The Bertz CT molecular complexity index is 350. The van der Waals surface area contributed by atoms with Crippen LogP contribution in [0.25, 0.3) is 0 Å². The molecule has 0 spiro atoms. The quantitative estimate of drug-likeness (QED) is 0.875. The zero-order chi connectivity index (χ0) is 12.3. The van der Waals surface area contributed by atoms with Crippen LogP contribution in [0.1, 0.15) is 45.4 Å². The van der Waals surface area contributed by atoms with Crippen LogP contribution in [0.5, 0.6) is 0 Å². The molecule has 0 aliphatic carbocycles. The predicted molar refractivity (Wildman–Crippen MR) is 72.9 cm³/mol. The Morgan fingerprint density at radius 2 is 2.35 bits per heavy atom. The number of likely N-dealkylation sites (N-methyl/N-ethyl adjacent to an activating group) is 1. The maximum Gasteiger partial charge on any atom is 0.205 e. The summed E-state index contributed by atoms with van der Waals surface area (Å²) in [6.45, 7) is 9.67. The van der Waals surface area contributed by atoms with Crippen molar-refractivity contribution >= 4 is 16.7 Å². The van der Waals surface area contributed by atoms with Gasteiger partial charge in [0.05, 0.1) is 0 Å². The van der Waals surface area contributed by atoms with E-state index < -0.39 is 0 Å². The van der Waals surface area contributed by atoms with Crippen molar-refractivity contribution in [2.45, 2.75) is 45.6 Å². The fraction of sp³-hybridized carbons (Fsp3) is 0.833. The molecule has 0 radical (unpaired) electrons. The molecule has 0 bridgehead atoms. The van der Waals surface area contributed by atoms with Gasteiger partial charge in [-0.05, 0) is 19.4 Å². The highest BCUT2D eigenvalue weighted by atomic mass is 32.1. The van der Waals surface area contributed by atoms with Crippen LogP contribution in [0.2, 0.25) is 0 Å². The van der Waals surface area contributed by atoms with Gasteiger partial charge in [0, 0.05) is 36.6 Å². The third-order valence-electron chi connectivity index (χ3n) is 3.20. The first-order chi connectivity index (χ1) is 8.22. The van der Waals surface area contributed by atoms with E-state index in [4.69, 9.17) is 0 Å². The zero-order valence-corrected chi connectivity index (χ0v) is 11.8. The van der Waals surface area contributed by atoms with Crippen LogP contribution >= 0.6 is 11.5 Å². The van der Waals surface area contributed by atoms with Gasteiger partial charge in [0.1, 0.15) is 5.82 Å². The lowest BCUT2D eigenvalue weighted by molar-refractivity contribution is 0.586. The SMILES string of the molecule is CCNCC1CCCN1c1nc(C(C)C)ns1. The first-order valence-electron chi connectivity index (χ1n) is 6.53. The molecule has 1 aliphatic rings. The van der Waals surface area contributed by atoms with E-state index in [9.17, 15) is 0 Å². The molecule has 1 N–H and O–H groups in total. The second-order valence-electron chi connectivity index (χ2n) is 4.89. The highest BCUT2D eigenvalue weighted by molar-refractivity contribution is 7.09. The van der Waals surface area contributed by atoms with Gasteiger partial charge in [-0.15, -0.1) is 0 Å². The van der Waals surface area contributed by atoms with Gasteiger partial charge in [0.2, 0.25) is 5.13 Å². The molecule has 1 fully saturated rings. The average molecular weight is 254 g/mol. The largest absolute Gasteiger partial charge is 0.343 e.